The molecular formula is C25H29N3O8. The number of Topliss-reactive ketones (excluding diaryl/α,β-unsaturated/α-hetero) is 5. The van der Waals surface area contributed by atoms with Crippen molar-refractivity contribution in [2.75, 3.05) is 27.7 Å². The van der Waals surface area contributed by atoms with E-state index in [-0.39, 0.29) is 36.2 Å². The van der Waals surface area contributed by atoms with Crippen LogP contribution in [0.15, 0.2) is 12.1 Å². The third kappa shape index (κ3) is 3.53. The average molecular weight is 500 g/mol. The first kappa shape index (κ1) is 25.8. The Balaban J connectivity index is 1.84. The molecule has 192 valence electrons. The normalized spacial score (nSPS) is 31.6. The highest BCUT2D eigenvalue weighted by molar-refractivity contribution is 6.32. The van der Waals surface area contributed by atoms with Gasteiger partial charge in [-0.15, -0.1) is 0 Å². The Morgan fingerprint density at radius 3 is 2.42 bits per heavy atom. The second-order valence-electron chi connectivity index (χ2n) is 10.1. The SMILES string of the molecule is CNCCC(=O)c1ccc(O)c2c1C[C@H]1C[C@H]3[C@H](N(C)C)C(=O)C(C(N)=O)C(=O)[C@@]3(O)C(=O)C1C2=O. The van der Waals surface area contributed by atoms with Crippen molar-refractivity contribution < 1.29 is 39.0 Å². The number of ketones is 5. The summed E-state index contributed by atoms with van der Waals surface area (Å²) in [6, 6.07) is 1.48. The molecule has 2 unspecified atom stereocenters. The van der Waals surface area contributed by atoms with Crippen LogP contribution < -0.4 is 11.1 Å². The number of rotatable bonds is 6. The minimum Gasteiger partial charge on any atom is -0.507 e. The number of nitrogens with zero attached hydrogens (tertiary/aromatic N) is 1. The molecule has 3 aliphatic rings. The van der Waals surface area contributed by atoms with Crippen LogP contribution in [0.3, 0.4) is 0 Å². The van der Waals surface area contributed by atoms with Gasteiger partial charge in [-0.2, -0.15) is 0 Å². The molecule has 1 aromatic carbocycles. The number of primary amides is 1. The van der Waals surface area contributed by atoms with Crippen molar-refractivity contribution in [2.24, 2.45) is 29.4 Å². The van der Waals surface area contributed by atoms with Crippen molar-refractivity contribution in [1.82, 2.24) is 10.2 Å². The monoisotopic (exact) mass is 499 g/mol. The van der Waals surface area contributed by atoms with Crippen LogP contribution in [-0.2, 0) is 25.6 Å². The first-order valence-electron chi connectivity index (χ1n) is 11.7. The smallest absolute Gasteiger partial charge is 0.235 e. The molecule has 4 rings (SSSR count). The zero-order valence-electron chi connectivity index (χ0n) is 20.2. The lowest BCUT2D eigenvalue weighted by atomic mass is 9.52. The van der Waals surface area contributed by atoms with Gasteiger partial charge in [0.05, 0.1) is 17.5 Å². The third-order valence-corrected chi connectivity index (χ3v) is 7.85. The second kappa shape index (κ2) is 8.99. The van der Waals surface area contributed by atoms with Crippen molar-refractivity contribution in [3.63, 3.8) is 0 Å². The van der Waals surface area contributed by atoms with Crippen molar-refractivity contribution in [1.29, 1.82) is 0 Å². The summed E-state index contributed by atoms with van der Waals surface area (Å²) in [5.41, 5.74) is 2.91. The Kier molecular flexibility index (Phi) is 6.44. The predicted molar refractivity (Wildman–Crippen MR) is 124 cm³/mol. The van der Waals surface area contributed by atoms with Gasteiger partial charge in [0.25, 0.3) is 0 Å². The molecule has 2 saturated carbocycles. The quantitative estimate of drug-likeness (QED) is 0.270. The molecule has 0 saturated heterocycles. The maximum Gasteiger partial charge on any atom is 0.235 e. The molecule has 0 aromatic heterocycles. The van der Waals surface area contributed by atoms with Crippen LogP contribution >= 0.6 is 0 Å². The van der Waals surface area contributed by atoms with Crippen LogP contribution in [0, 0.1) is 23.7 Å². The molecule has 0 bridgehead atoms. The summed E-state index contributed by atoms with van der Waals surface area (Å²) in [6.45, 7) is 0.401. The molecule has 6 atom stereocenters. The number of phenols is 1. The standard InChI is InChI=1S/C25H29N3O8/c1-27-7-6-14(29)11-4-5-15(30)17-12(11)8-10-9-13-19(28(2)3)21(32)18(24(26)35)23(34)25(13,36)22(33)16(10)20(17)31/h4-5,10,13,16,18-19,27,30,36H,6-9H2,1-3H3,(H2,26,35)/t10-,13-,16?,18?,19-,25-/m0/s1. The number of nitrogens with two attached hydrogens (primary N) is 1. The van der Waals surface area contributed by atoms with Gasteiger partial charge in [-0.25, -0.2) is 0 Å². The van der Waals surface area contributed by atoms with Gasteiger partial charge in [0.1, 0.15) is 5.75 Å². The Morgan fingerprint density at radius 1 is 1.17 bits per heavy atom. The summed E-state index contributed by atoms with van der Waals surface area (Å²) in [5.74, 6) is -11.4. The molecule has 1 aromatic rings. The van der Waals surface area contributed by atoms with E-state index in [2.05, 4.69) is 5.32 Å². The van der Waals surface area contributed by atoms with E-state index in [1.807, 2.05) is 0 Å². The maximum absolute atomic E-state index is 13.7. The second-order valence-corrected chi connectivity index (χ2v) is 10.1. The Labute approximate surface area is 207 Å². The van der Waals surface area contributed by atoms with Crippen molar-refractivity contribution in [2.45, 2.75) is 30.9 Å². The van der Waals surface area contributed by atoms with E-state index in [9.17, 15) is 39.0 Å². The number of carbonyl (C=O) groups is 6. The summed E-state index contributed by atoms with van der Waals surface area (Å²) in [7, 11) is 4.73. The Bertz CT molecular complexity index is 1210. The molecule has 2 fully saturated rings. The van der Waals surface area contributed by atoms with E-state index in [4.69, 9.17) is 5.73 Å². The van der Waals surface area contributed by atoms with Gasteiger partial charge >= 0.3 is 0 Å². The molecule has 3 aliphatic carbocycles. The van der Waals surface area contributed by atoms with Crippen molar-refractivity contribution in [3.05, 3.63) is 28.8 Å². The predicted octanol–water partition coefficient (Wildman–Crippen LogP) is -1.34. The Morgan fingerprint density at radius 2 is 1.83 bits per heavy atom. The number of carbonyl (C=O) groups excluding carboxylic acids is 6. The summed E-state index contributed by atoms with van der Waals surface area (Å²) < 4.78 is 0. The van der Waals surface area contributed by atoms with Crippen LogP contribution in [0.4, 0.5) is 0 Å². The minimum atomic E-state index is -2.77. The van der Waals surface area contributed by atoms with E-state index < -0.39 is 70.1 Å². The lowest BCUT2D eigenvalue weighted by Gasteiger charge is -2.52. The van der Waals surface area contributed by atoms with Gasteiger partial charge in [-0.05, 0) is 57.6 Å². The zero-order valence-corrected chi connectivity index (χ0v) is 20.2. The van der Waals surface area contributed by atoms with Crippen LogP contribution in [0.25, 0.3) is 0 Å². The number of aromatic hydroxyl groups is 1. The van der Waals surface area contributed by atoms with E-state index in [1.54, 1.807) is 7.05 Å². The summed E-state index contributed by atoms with van der Waals surface area (Å²) in [5, 5.41) is 24.9. The Hall–Kier alpha value is -3.28. The zero-order chi connectivity index (χ0) is 26.7. The maximum atomic E-state index is 13.7. The topological polar surface area (TPSA) is 184 Å². The molecule has 0 radical (unpaired) electrons. The summed E-state index contributed by atoms with van der Waals surface area (Å²) >= 11 is 0. The number of fused-ring (bicyclic) bond motifs is 3. The molecule has 1 amide bonds. The summed E-state index contributed by atoms with van der Waals surface area (Å²) in [4.78, 5) is 79.9. The number of hydrogen-bond donors (Lipinski definition) is 4. The fourth-order valence-electron chi connectivity index (χ4n) is 6.24. The van der Waals surface area contributed by atoms with Gasteiger partial charge in [0.15, 0.2) is 40.4 Å². The van der Waals surface area contributed by atoms with Crippen molar-refractivity contribution in [3.8, 4) is 5.75 Å². The largest absolute Gasteiger partial charge is 0.507 e. The van der Waals surface area contributed by atoms with Gasteiger partial charge < -0.3 is 21.3 Å². The lowest BCUT2D eigenvalue weighted by molar-refractivity contribution is -0.181. The molecule has 11 heteroatoms. The van der Waals surface area contributed by atoms with Gasteiger partial charge in [-0.3, -0.25) is 33.7 Å². The number of hydrogen-bond acceptors (Lipinski definition) is 10. The highest BCUT2D eigenvalue weighted by Gasteiger charge is 2.69. The first-order chi connectivity index (χ1) is 16.9. The number of benzene rings is 1. The fraction of sp³-hybridized carbons (Fsp3) is 0.520. The lowest BCUT2D eigenvalue weighted by Crippen LogP contribution is -2.74. The van der Waals surface area contributed by atoms with Gasteiger partial charge in [0.2, 0.25) is 5.91 Å². The molecular weight excluding hydrogens is 470 g/mol. The van der Waals surface area contributed by atoms with Gasteiger partial charge in [0, 0.05) is 24.4 Å². The van der Waals surface area contributed by atoms with E-state index >= 15 is 0 Å². The third-order valence-electron chi connectivity index (χ3n) is 7.85. The molecule has 11 nitrogen and oxygen atoms in total. The average Bonchev–Trinajstić information content (AvgIpc) is 2.79. The summed E-state index contributed by atoms with van der Waals surface area (Å²) in [6.07, 6.45) is 0.141. The van der Waals surface area contributed by atoms with Crippen LogP contribution in [0.2, 0.25) is 0 Å². The number of amides is 1. The first-order valence-corrected chi connectivity index (χ1v) is 11.7. The van der Waals surface area contributed by atoms with Crippen LogP contribution in [0.1, 0.15) is 39.1 Å². The van der Waals surface area contributed by atoms with Crippen LogP contribution in [-0.4, -0.2) is 89.3 Å². The van der Waals surface area contributed by atoms with Crippen molar-refractivity contribution >= 4 is 34.8 Å². The highest BCUT2D eigenvalue weighted by Crippen LogP contribution is 2.51. The number of aliphatic hydroxyl groups is 1. The van der Waals surface area contributed by atoms with E-state index in [1.165, 1.54) is 31.1 Å². The molecule has 0 spiro atoms. The van der Waals surface area contributed by atoms with E-state index in [0.717, 1.165) is 0 Å². The number of nitrogens with one attached hydrogen (secondary N) is 1. The molecule has 36 heavy (non-hydrogen) atoms. The molecule has 0 heterocycles. The van der Waals surface area contributed by atoms with Gasteiger partial charge in [-0.1, -0.05) is 0 Å². The van der Waals surface area contributed by atoms with Crippen LogP contribution in [0.5, 0.6) is 5.75 Å². The van der Waals surface area contributed by atoms with E-state index in [0.29, 0.717) is 12.1 Å². The fourth-order valence-corrected chi connectivity index (χ4v) is 6.24. The molecule has 0 aliphatic heterocycles. The molecule has 5 N–H and O–H groups in total. The number of likely N-dealkylation sites (N-methyl/N-ethyl adjacent to an activating group) is 1. The minimum absolute atomic E-state index is 0.0564. The number of phenolic OH excluding ortho intramolecular Hbond substituents is 1. The highest BCUT2D eigenvalue weighted by atomic mass is 16.3.